The molecule has 0 spiro atoms. The zero-order chi connectivity index (χ0) is 18.0. The Morgan fingerprint density at radius 3 is 2.56 bits per heavy atom. The zero-order valence-electron chi connectivity index (χ0n) is 14.2. The number of aromatic nitrogens is 2. The van der Waals surface area contributed by atoms with E-state index in [-0.39, 0.29) is 17.8 Å². The zero-order valence-corrected chi connectivity index (χ0v) is 14.2. The minimum absolute atomic E-state index is 0.218. The number of hydrogen-bond acceptors (Lipinski definition) is 3. The molecule has 0 bridgehead atoms. The molecule has 8 heteroatoms. The molecule has 134 valence electrons. The lowest BCUT2D eigenvalue weighted by atomic mass is 10.2. The second kappa shape index (κ2) is 7.08. The van der Waals surface area contributed by atoms with Crippen LogP contribution in [-0.4, -0.2) is 46.9 Å². The molecular formula is C17H21F2N5O. The van der Waals surface area contributed by atoms with Crippen molar-refractivity contribution in [3.63, 3.8) is 0 Å². The molecule has 2 aromatic rings. The number of carbonyl (C=O) groups is 1. The van der Waals surface area contributed by atoms with E-state index in [0.717, 1.165) is 12.1 Å². The molecule has 6 nitrogen and oxygen atoms in total. The second-order valence-electron chi connectivity index (χ2n) is 6.30. The van der Waals surface area contributed by atoms with Crippen molar-refractivity contribution in [1.82, 2.24) is 14.7 Å². The first-order valence-corrected chi connectivity index (χ1v) is 8.24. The van der Waals surface area contributed by atoms with Crippen LogP contribution in [0.4, 0.5) is 25.0 Å². The van der Waals surface area contributed by atoms with Crippen LogP contribution in [0.2, 0.25) is 0 Å². The molecule has 0 aliphatic carbocycles. The van der Waals surface area contributed by atoms with Gasteiger partial charge in [0.2, 0.25) is 0 Å². The third-order valence-electron chi connectivity index (χ3n) is 4.20. The Morgan fingerprint density at radius 1 is 1.20 bits per heavy atom. The van der Waals surface area contributed by atoms with Crippen molar-refractivity contribution in [2.45, 2.75) is 19.9 Å². The summed E-state index contributed by atoms with van der Waals surface area (Å²) in [7, 11) is 0. The van der Waals surface area contributed by atoms with E-state index in [1.807, 2.05) is 13.8 Å². The van der Waals surface area contributed by atoms with Crippen molar-refractivity contribution in [1.29, 1.82) is 0 Å². The van der Waals surface area contributed by atoms with Crippen LogP contribution in [0.1, 0.15) is 19.9 Å². The lowest BCUT2D eigenvalue weighted by molar-refractivity contribution is 0.208. The highest BCUT2D eigenvalue weighted by molar-refractivity contribution is 5.89. The molecule has 2 amide bonds. The summed E-state index contributed by atoms with van der Waals surface area (Å²) in [6, 6.07) is 3.40. The van der Waals surface area contributed by atoms with E-state index in [9.17, 15) is 13.6 Å². The lowest BCUT2D eigenvalue weighted by Crippen LogP contribution is -2.50. The second-order valence-corrected chi connectivity index (χ2v) is 6.30. The van der Waals surface area contributed by atoms with E-state index in [2.05, 4.69) is 10.4 Å². The van der Waals surface area contributed by atoms with Crippen molar-refractivity contribution in [2.24, 2.45) is 0 Å². The van der Waals surface area contributed by atoms with Gasteiger partial charge in [-0.2, -0.15) is 5.10 Å². The molecule has 1 aliphatic rings. The first kappa shape index (κ1) is 17.2. The van der Waals surface area contributed by atoms with Crippen molar-refractivity contribution in [3.05, 3.63) is 42.2 Å². The van der Waals surface area contributed by atoms with Gasteiger partial charge in [0.05, 0.1) is 17.6 Å². The predicted molar refractivity (Wildman–Crippen MR) is 91.8 cm³/mol. The highest BCUT2D eigenvalue weighted by atomic mass is 19.1. The minimum Gasteiger partial charge on any atom is -0.366 e. The van der Waals surface area contributed by atoms with Gasteiger partial charge in [-0.05, 0) is 26.0 Å². The molecule has 1 aliphatic heterocycles. The number of amides is 2. The maximum atomic E-state index is 13.9. The standard InChI is InChI=1S/C17H21F2N5O/c1-12(2)24-11-14(10-20-24)21-17(25)23-7-5-22(6-8-23)16-9-13(18)3-4-15(16)19/h3-4,9-12H,5-8H2,1-2H3,(H,21,25). The molecule has 0 radical (unpaired) electrons. The Balaban J connectivity index is 1.58. The number of urea groups is 1. The van der Waals surface area contributed by atoms with Gasteiger partial charge in [-0.25, -0.2) is 13.6 Å². The Bertz CT molecular complexity index is 753. The Kier molecular flexibility index (Phi) is 4.87. The first-order valence-electron chi connectivity index (χ1n) is 8.24. The van der Waals surface area contributed by atoms with Crippen LogP contribution in [0.15, 0.2) is 30.6 Å². The number of rotatable bonds is 3. The van der Waals surface area contributed by atoms with Gasteiger partial charge < -0.3 is 15.1 Å². The molecule has 0 unspecified atom stereocenters. The number of nitrogens with one attached hydrogen (secondary N) is 1. The predicted octanol–water partition coefficient (Wildman–Crippen LogP) is 3.10. The van der Waals surface area contributed by atoms with Crippen LogP contribution in [0.3, 0.4) is 0 Å². The molecule has 25 heavy (non-hydrogen) atoms. The van der Waals surface area contributed by atoms with Crippen molar-refractivity contribution in [2.75, 3.05) is 36.4 Å². The number of carbonyl (C=O) groups excluding carboxylic acids is 1. The van der Waals surface area contributed by atoms with Gasteiger partial charge in [0.15, 0.2) is 0 Å². The van der Waals surface area contributed by atoms with E-state index < -0.39 is 11.6 Å². The van der Waals surface area contributed by atoms with E-state index in [0.29, 0.717) is 31.9 Å². The van der Waals surface area contributed by atoms with E-state index in [1.54, 1.807) is 26.9 Å². The number of hydrogen-bond donors (Lipinski definition) is 1. The average Bonchev–Trinajstić information content (AvgIpc) is 3.06. The maximum absolute atomic E-state index is 13.9. The number of halogens is 2. The van der Waals surface area contributed by atoms with Gasteiger partial charge in [0, 0.05) is 44.5 Å². The summed E-state index contributed by atoms with van der Waals surface area (Å²) in [4.78, 5) is 15.7. The van der Waals surface area contributed by atoms with Gasteiger partial charge in [0.1, 0.15) is 11.6 Å². The number of nitrogens with zero attached hydrogens (tertiary/aromatic N) is 4. The summed E-state index contributed by atoms with van der Waals surface area (Å²) in [5.41, 5.74) is 0.871. The van der Waals surface area contributed by atoms with Crippen LogP contribution in [-0.2, 0) is 0 Å². The Labute approximate surface area is 145 Å². The maximum Gasteiger partial charge on any atom is 0.322 e. The molecule has 1 saturated heterocycles. The smallest absolute Gasteiger partial charge is 0.322 e. The number of benzene rings is 1. The van der Waals surface area contributed by atoms with Crippen LogP contribution in [0.5, 0.6) is 0 Å². The van der Waals surface area contributed by atoms with Crippen LogP contribution in [0.25, 0.3) is 0 Å². The van der Waals surface area contributed by atoms with Gasteiger partial charge in [-0.3, -0.25) is 4.68 Å². The summed E-state index contributed by atoms with van der Waals surface area (Å²) in [6.07, 6.45) is 3.39. The fourth-order valence-corrected chi connectivity index (χ4v) is 2.77. The van der Waals surface area contributed by atoms with Crippen LogP contribution in [0, 0.1) is 11.6 Å². The van der Waals surface area contributed by atoms with Gasteiger partial charge in [-0.1, -0.05) is 0 Å². The number of piperazine rings is 1. The summed E-state index contributed by atoms with van der Waals surface area (Å²) < 4.78 is 29.0. The normalized spacial score (nSPS) is 14.9. The molecular weight excluding hydrogens is 328 g/mol. The van der Waals surface area contributed by atoms with E-state index >= 15 is 0 Å². The van der Waals surface area contributed by atoms with Crippen molar-refractivity contribution >= 4 is 17.4 Å². The molecule has 0 saturated carbocycles. The highest BCUT2D eigenvalue weighted by Gasteiger charge is 2.23. The highest BCUT2D eigenvalue weighted by Crippen LogP contribution is 2.22. The topological polar surface area (TPSA) is 53.4 Å². The average molecular weight is 349 g/mol. The van der Waals surface area contributed by atoms with Gasteiger partial charge in [-0.15, -0.1) is 0 Å². The van der Waals surface area contributed by atoms with Crippen LogP contribution >= 0.6 is 0 Å². The van der Waals surface area contributed by atoms with E-state index in [1.165, 1.54) is 6.07 Å². The fraction of sp³-hybridized carbons (Fsp3) is 0.412. The monoisotopic (exact) mass is 349 g/mol. The molecule has 1 aromatic carbocycles. The minimum atomic E-state index is -0.473. The number of anilines is 2. The molecule has 1 fully saturated rings. The summed E-state index contributed by atoms with van der Waals surface area (Å²) in [5, 5.41) is 6.99. The molecule has 1 N–H and O–H groups in total. The first-order chi connectivity index (χ1) is 11.9. The summed E-state index contributed by atoms with van der Waals surface area (Å²) in [5.74, 6) is -0.931. The van der Waals surface area contributed by atoms with Crippen molar-refractivity contribution in [3.8, 4) is 0 Å². The quantitative estimate of drug-likeness (QED) is 0.926. The Morgan fingerprint density at radius 2 is 1.92 bits per heavy atom. The third-order valence-corrected chi connectivity index (χ3v) is 4.20. The third kappa shape index (κ3) is 3.89. The van der Waals surface area contributed by atoms with Crippen LogP contribution < -0.4 is 10.2 Å². The largest absolute Gasteiger partial charge is 0.366 e. The molecule has 3 rings (SSSR count). The van der Waals surface area contributed by atoms with Gasteiger partial charge in [0.25, 0.3) is 0 Å². The molecule has 1 aromatic heterocycles. The fourth-order valence-electron chi connectivity index (χ4n) is 2.77. The molecule has 0 atom stereocenters. The van der Waals surface area contributed by atoms with E-state index in [4.69, 9.17) is 0 Å². The Hall–Kier alpha value is -2.64. The SMILES string of the molecule is CC(C)n1cc(NC(=O)N2CCN(c3cc(F)ccc3F)CC2)cn1. The lowest BCUT2D eigenvalue weighted by Gasteiger charge is -2.36. The summed E-state index contributed by atoms with van der Waals surface area (Å²) in [6.45, 7) is 5.76. The summed E-state index contributed by atoms with van der Waals surface area (Å²) >= 11 is 0. The molecule has 2 heterocycles. The van der Waals surface area contributed by atoms with Crippen molar-refractivity contribution < 1.29 is 13.6 Å². The van der Waals surface area contributed by atoms with Gasteiger partial charge >= 0.3 is 6.03 Å².